The second-order valence-electron chi connectivity index (χ2n) is 4.76. The molecule has 0 unspecified atom stereocenters. The molecule has 3 rings (SSSR count). The van der Waals surface area contributed by atoms with Gasteiger partial charge in [0.25, 0.3) is 0 Å². The average Bonchev–Trinajstić information content (AvgIpc) is 3.01. The van der Waals surface area contributed by atoms with Crippen LogP contribution in [0.15, 0.2) is 12.7 Å². The van der Waals surface area contributed by atoms with Crippen LogP contribution in [0.5, 0.6) is 5.88 Å². The first-order valence-corrected chi connectivity index (χ1v) is 7.97. The van der Waals surface area contributed by atoms with E-state index in [0.29, 0.717) is 0 Å². The van der Waals surface area contributed by atoms with Gasteiger partial charge in [-0.3, -0.25) is 4.57 Å². The van der Waals surface area contributed by atoms with Crippen molar-refractivity contribution in [1.29, 1.82) is 0 Å². The summed E-state index contributed by atoms with van der Waals surface area (Å²) < 4.78 is 15.6. The molecule has 0 bridgehead atoms. The van der Waals surface area contributed by atoms with E-state index in [1.165, 1.54) is 10.9 Å². The van der Waals surface area contributed by atoms with Crippen molar-refractivity contribution in [2.24, 2.45) is 0 Å². The summed E-state index contributed by atoms with van der Waals surface area (Å²) in [5.41, 5.74) is 0.433. The van der Waals surface area contributed by atoms with E-state index < -0.39 is 39.0 Å². The van der Waals surface area contributed by atoms with Crippen LogP contribution in [0.3, 0.4) is 0 Å². The molecule has 3 heterocycles. The minimum absolute atomic E-state index is 0. The maximum absolute atomic E-state index is 9.92. The molecule has 1 fully saturated rings. The van der Waals surface area contributed by atoms with Gasteiger partial charge in [0.1, 0.15) is 24.6 Å². The van der Waals surface area contributed by atoms with Crippen molar-refractivity contribution in [2.75, 3.05) is 6.61 Å². The molecule has 26 heavy (non-hydrogen) atoms. The Kier molecular flexibility index (Phi) is 10.9. The fourth-order valence-corrected chi connectivity index (χ4v) is 2.14. The van der Waals surface area contributed by atoms with Crippen LogP contribution in [0.25, 0.3) is 11.2 Å². The van der Waals surface area contributed by atoms with Crippen LogP contribution in [0.1, 0.15) is 6.23 Å². The van der Waals surface area contributed by atoms with Crippen molar-refractivity contribution >= 4 is 78.1 Å². The number of phosphoric acid groups is 1. The van der Waals surface area contributed by atoms with E-state index in [4.69, 9.17) is 29.1 Å². The van der Waals surface area contributed by atoms with Crippen molar-refractivity contribution in [1.82, 2.24) is 19.5 Å². The first-order chi connectivity index (χ1) is 11.1. The van der Waals surface area contributed by atoms with Crippen LogP contribution in [-0.2, 0) is 9.30 Å². The molecule has 0 spiro atoms. The topological polar surface area (TPSA) is 212 Å². The molecule has 1 aliphatic heterocycles. The summed E-state index contributed by atoms with van der Waals surface area (Å²) in [6.45, 7) is -0.415. The van der Waals surface area contributed by atoms with Crippen LogP contribution >= 0.6 is 7.82 Å². The monoisotopic (exact) mass is 414 g/mol. The zero-order chi connectivity index (χ0) is 18.1. The fourth-order valence-electron chi connectivity index (χ4n) is 2.14. The number of aromatic nitrogens is 4. The van der Waals surface area contributed by atoms with Gasteiger partial charge < -0.3 is 39.8 Å². The Morgan fingerprint density at radius 1 is 1.12 bits per heavy atom. The Hall–Kier alpha value is 0.300. The van der Waals surface area contributed by atoms with Gasteiger partial charge in [0, 0.05) is 0 Å². The van der Waals surface area contributed by atoms with E-state index in [2.05, 4.69) is 15.0 Å². The maximum atomic E-state index is 9.92. The molecule has 7 N–H and O–H groups in total. The summed E-state index contributed by atoms with van der Waals surface area (Å²) in [7, 11) is -4.64. The summed E-state index contributed by atoms with van der Waals surface area (Å²) in [6, 6.07) is 0. The normalized spacial score (nSPS) is 25.0. The van der Waals surface area contributed by atoms with Crippen molar-refractivity contribution in [3.05, 3.63) is 12.7 Å². The molecule has 0 saturated carbocycles. The van der Waals surface area contributed by atoms with Crippen molar-refractivity contribution in [2.45, 2.75) is 24.5 Å². The van der Waals surface area contributed by atoms with Gasteiger partial charge in [-0.2, -0.15) is 4.98 Å². The Morgan fingerprint density at radius 3 is 2.19 bits per heavy atom. The Morgan fingerprint density at radius 2 is 1.69 bits per heavy atom. The number of aliphatic hydroxyl groups is 3. The number of aliphatic hydroxyl groups excluding tert-OH is 3. The number of hydrogen-bond acceptors (Lipinski definition) is 9. The van der Waals surface area contributed by atoms with E-state index in [0.717, 1.165) is 6.33 Å². The Balaban J connectivity index is 0.000000798. The third-order valence-electron chi connectivity index (χ3n) is 3.13. The van der Waals surface area contributed by atoms with Gasteiger partial charge in [-0.1, -0.05) is 0 Å². The second kappa shape index (κ2) is 10.7. The molecule has 1 aliphatic rings. The van der Waals surface area contributed by atoms with Crippen LogP contribution in [0.4, 0.5) is 0 Å². The third kappa shape index (κ3) is 6.43. The Bertz CT molecular complexity index is 751. The molecule has 1 saturated heterocycles. The van der Waals surface area contributed by atoms with E-state index in [1.54, 1.807) is 0 Å². The predicted octanol–water partition coefficient (Wildman–Crippen LogP) is -4.08. The summed E-state index contributed by atoms with van der Waals surface area (Å²) >= 11 is 0. The zero-order valence-corrected chi connectivity index (χ0v) is 12.7. The zero-order valence-electron chi connectivity index (χ0n) is 11.9. The molecule has 0 aromatic carbocycles. The summed E-state index contributed by atoms with van der Waals surface area (Å²) in [5, 5.41) is 38.2. The van der Waals surface area contributed by atoms with Gasteiger partial charge in [0.15, 0.2) is 17.4 Å². The molecule has 138 valence electrons. The molecule has 2 aromatic heterocycles. The van der Waals surface area contributed by atoms with E-state index in [9.17, 15) is 15.3 Å². The molecule has 4 atom stereocenters. The molecular weight excluding hydrogens is 397 g/mol. The first kappa shape index (κ1) is 26.3. The standard InChI is InChI=1S/C10H12N4O5.2Na.H3O4P.2H/c15-1-4-6(16)7(17)10(19-4)14-3-13-5-8(14)11-2-12-9(5)18;;;1-5(2,3)4;;/h2-4,6-7,10,15-17H,1H2,(H,11,12,18);;;(H3,1,2,3,4);;/t4-,6-,7-,10-;;;;;/m1...../s1. The number of fused-ring (bicyclic) bond motifs is 1. The second-order valence-corrected chi connectivity index (χ2v) is 5.79. The van der Waals surface area contributed by atoms with Crippen LogP contribution in [0.2, 0.25) is 0 Å². The van der Waals surface area contributed by atoms with Crippen molar-refractivity contribution < 1.29 is 44.4 Å². The molecule has 0 radical (unpaired) electrons. The van der Waals surface area contributed by atoms with E-state index in [1.807, 2.05) is 0 Å². The average molecular weight is 414 g/mol. The van der Waals surface area contributed by atoms with E-state index in [-0.39, 0.29) is 76.2 Å². The molecule has 16 heteroatoms. The number of imidazole rings is 1. The van der Waals surface area contributed by atoms with Crippen LogP contribution in [0, 0.1) is 0 Å². The third-order valence-corrected chi connectivity index (χ3v) is 3.13. The molecule has 2 aromatic rings. The molecule has 0 amide bonds. The number of hydrogen-bond donors (Lipinski definition) is 7. The van der Waals surface area contributed by atoms with Crippen LogP contribution in [-0.4, -0.2) is 139 Å². The Labute approximate surface area is 190 Å². The van der Waals surface area contributed by atoms with Crippen LogP contribution < -0.4 is 0 Å². The first-order valence-electron chi connectivity index (χ1n) is 6.40. The number of rotatable bonds is 2. The summed E-state index contributed by atoms with van der Waals surface area (Å²) in [5.74, 6) is -0.282. The van der Waals surface area contributed by atoms with E-state index >= 15 is 0 Å². The SMILES string of the molecule is O=P(O)(O)O.OC[C@H]1O[C@@H](n2cnc3c(O)ncnc32)[C@H](O)[C@@H]1O.[NaH].[NaH]. The van der Waals surface area contributed by atoms with Gasteiger partial charge >= 0.3 is 66.9 Å². The van der Waals surface area contributed by atoms with Crippen molar-refractivity contribution in [3.8, 4) is 5.88 Å². The minimum atomic E-state index is -4.64. The predicted molar refractivity (Wildman–Crippen MR) is 88.6 cm³/mol. The fraction of sp³-hybridized carbons (Fsp3) is 0.500. The van der Waals surface area contributed by atoms with Crippen molar-refractivity contribution in [3.63, 3.8) is 0 Å². The quantitative estimate of drug-likeness (QED) is 0.185. The summed E-state index contributed by atoms with van der Waals surface area (Å²) in [4.78, 5) is 33.0. The van der Waals surface area contributed by atoms with Gasteiger partial charge in [0.2, 0.25) is 5.88 Å². The molecule has 0 aliphatic carbocycles. The van der Waals surface area contributed by atoms with Gasteiger partial charge in [-0.05, 0) is 0 Å². The van der Waals surface area contributed by atoms with Gasteiger partial charge in [-0.15, -0.1) is 0 Å². The molecular formula is C10H17N4Na2O9P. The number of nitrogens with zero attached hydrogens (tertiary/aromatic N) is 4. The number of ether oxygens (including phenoxy) is 1. The van der Waals surface area contributed by atoms with Gasteiger partial charge in [0.05, 0.1) is 12.9 Å². The summed E-state index contributed by atoms with van der Waals surface area (Å²) in [6.07, 6.45) is -1.79. The number of aromatic hydroxyl groups is 1. The molecule has 13 nitrogen and oxygen atoms in total. The van der Waals surface area contributed by atoms with Gasteiger partial charge in [-0.25, -0.2) is 14.5 Å².